The van der Waals surface area contributed by atoms with Gasteiger partial charge < -0.3 is 10.1 Å². The molecule has 1 saturated heterocycles. The van der Waals surface area contributed by atoms with Gasteiger partial charge in [-0.05, 0) is 92.5 Å². The number of benzene rings is 3. The molecule has 190 valence electrons. The first-order valence-electron chi connectivity index (χ1n) is 11.8. The number of carbonyl (C=O) groups excluding carboxylic acids is 1. The zero-order valence-electron chi connectivity index (χ0n) is 20.3. The van der Waals surface area contributed by atoms with Gasteiger partial charge in [0.05, 0.1) is 17.7 Å². The minimum absolute atomic E-state index is 0.0457. The summed E-state index contributed by atoms with van der Waals surface area (Å²) in [7, 11) is -2.33. The number of halogens is 1. The van der Waals surface area contributed by atoms with Crippen molar-refractivity contribution in [3.63, 3.8) is 0 Å². The minimum Gasteiger partial charge on any atom is -0.495 e. The fraction of sp³-hybridized carbons (Fsp3) is 0.296. The molecule has 1 amide bonds. The van der Waals surface area contributed by atoms with E-state index in [1.54, 1.807) is 24.3 Å². The van der Waals surface area contributed by atoms with Gasteiger partial charge in [-0.3, -0.25) is 14.4 Å². The summed E-state index contributed by atoms with van der Waals surface area (Å²) in [5, 5.41) is 3.66. The average Bonchev–Trinajstić information content (AvgIpc) is 2.85. The summed E-state index contributed by atoms with van der Waals surface area (Å²) < 4.78 is 33.6. The number of carbonyl (C=O) groups is 1. The van der Waals surface area contributed by atoms with Crippen molar-refractivity contribution in [2.75, 3.05) is 30.2 Å². The van der Waals surface area contributed by atoms with E-state index in [0.29, 0.717) is 17.1 Å². The summed E-state index contributed by atoms with van der Waals surface area (Å²) in [6.07, 6.45) is 1.53. The number of ether oxygens (including phenoxy) is 1. The van der Waals surface area contributed by atoms with E-state index in [1.807, 2.05) is 31.2 Å². The van der Waals surface area contributed by atoms with Crippen LogP contribution in [0.2, 0.25) is 5.02 Å². The van der Waals surface area contributed by atoms with Gasteiger partial charge in [-0.1, -0.05) is 29.8 Å². The van der Waals surface area contributed by atoms with Crippen LogP contribution in [0.3, 0.4) is 0 Å². The third kappa shape index (κ3) is 6.57. The number of methoxy groups -OCH3 is 1. The molecule has 0 saturated carbocycles. The molecule has 0 atom stereocenters. The van der Waals surface area contributed by atoms with Gasteiger partial charge in [-0.2, -0.15) is 0 Å². The van der Waals surface area contributed by atoms with Crippen LogP contribution in [-0.2, 0) is 21.4 Å². The number of aryl methyl sites for hydroxylation is 1. The standard InChI is InChI=1S/C27H30ClN3O4S/c1-19-6-11-26(35-2)25(16-19)30-36(33,34)24-9-7-23(8-10-24)29-27(32)21-12-14-31(15-13-21)18-20-4-3-5-22(28)17-20/h3-11,16-17,21,30H,12-15,18H2,1-2H3,(H,29,32). The van der Waals surface area contributed by atoms with Crippen LogP contribution in [0.15, 0.2) is 71.6 Å². The Morgan fingerprint density at radius 1 is 1.06 bits per heavy atom. The average molecular weight is 528 g/mol. The summed E-state index contributed by atoms with van der Waals surface area (Å²) in [5.74, 6) is 0.307. The number of piperidine rings is 1. The highest BCUT2D eigenvalue weighted by Gasteiger charge is 2.25. The Hall–Kier alpha value is -3.07. The second-order valence-corrected chi connectivity index (χ2v) is 11.1. The van der Waals surface area contributed by atoms with Crippen molar-refractivity contribution in [2.45, 2.75) is 31.2 Å². The molecule has 3 aromatic rings. The number of anilines is 2. The predicted molar refractivity (Wildman–Crippen MR) is 143 cm³/mol. The quantitative estimate of drug-likeness (QED) is 0.414. The highest BCUT2D eigenvalue weighted by molar-refractivity contribution is 7.92. The van der Waals surface area contributed by atoms with Gasteiger partial charge in [-0.15, -0.1) is 0 Å². The molecule has 1 aliphatic heterocycles. The monoisotopic (exact) mass is 527 g/mol. The number of nitrogens with one attached hydrogen (secondary N) is 2. The number of rotatable bonds is 8. The third-order valence-corrected chi connectivity index (χ3v) is 7.90. The van der Waals surface area contributed by atoms with E-state index in [4.69, 9.17) is 16.3 Å². The highest BCUT2D eigenvalue weighted by Crippen LogP contribution is 2.28. The van der Waals surface area contributed by atoms with Gasteiger partial charge in [0.25, 0.3) is 10.0 Å². The number of nitrogens with zero attached hydrogens (tertiary/aromatic N) is 1. The van der Waals surface area contributed by atoms with E-state index in [2.05, 4.69) is 21.0 Å². The fourth-order valence-electron chi connectivity index (χ4n) is 4.31. The fourth-order valence-corrected chi connectivity index (χ4v) is 5.59. The number of sulfonamides is 1. The van der Waals surface area contributed by atoms with Crippen molar-refractivity contribution in [3.8, 4) is 5.75 Å². The van der Waals surface area contributed by atoms with Gasteiger partial charge in [0, 0.05) is 23.2 Å². The molecule has 0 spiro atoms. The molecule has 36 heavy (non-hydrogen) atoms. The van der Waals surface area contributed by atoms with Crippen LogP contribution in [0.5, 0.6) is 5.75 Å². The van der Waals surface area contributed by atoms with E-state index in [1.165, 1.54) is 19.2 Å². The second kappa shape index (κ2) is 11.3. The maximum Gasteiger partial charge on any atom is 0.262 e. The van der Waals surface area contributed by atoms with Crippen LogP contribution in [-0.4, -0.2) is 39.4 Å². The van der Waals surface area contributed by atoms with Crippen LogP contribution < -0.4 is 14.8 Å². The largest absolute Gasteiger partial charge is 0.495 e. The van der Waals surface area contributed by atoms with Crippen LogP contribution in [0.4, 0.5) is 11.4 Å². The van der Waals surface area contributed by atoms with E-state index in [0.717, 1.165) is 48.6 Å². The van der Waals surface area contributed by atoms with Gasteiger partial charge in [0.15, 0.2) is 0 Å². The maximum atomic E-state index is 12.9. The lowest BCUT2D eigenvalue weighted by molar-refractivity contribution is -0.121. The Kier molecular flexibility index (Phi) is 8.18. The first-order chi connectivity index (χ1) is 17.2. The molecule has 9 heteroatoms. The number of amides is 1. The van der Waals surface area contributed by atoms with Crippen LogP contribution >= 0.6 is 11.6 Å². The van der Waals surface area contributed by atoms with Gasteiger partial charge >= 0.3 is 0 Å². The Morgan fingerprint density at radius 3 is 2.44 bits per heavy atom. The van der Waals surface area contributed by atoms with Crippen molar-refractivity contribution in [1.82, 2.24) is 4.90 Å². The molecule has 3 aromatic carbocycles. The summed E-state index contributed by atoms with van der Waals surface area (Å²) in [5.41, 5.74) is 3.00. The third-order valence-electron chi connectivity index (χ3n) is 6.29. The molecule has 4 rings (SSSR count). The summed E-state index contributed by atoms with van der Waals surface area (Å²) in [6, 6.07) is 19.3. The first kappa shape index (κ1) is 26.0. The van der Waals surface area contributed by atoms with Crippen LogP contribution in [0.25, 0.3) is 0 Å². The predicted octanol–water partition coefficient (Wildman–Crippen LogP) is 5.31. The number of likely N-dealkylation sites (tertiary alicyclic amines) is 1. The van der Waals surface area contributed by atoms with Gasteiger partial charge in [0.2, 0.25) is 5.91 Å². The Balaban J connectivity index is 1.32. The zero-order valence-corrected chi connectivity index (χ0v) is 21.9. The lowest BCUT2D eigenvalue weighted by atomic mass is 9.95. The zero-order chi connectivity index (χ0) is 25.7. The molecule has 0 radical (unpaired) electrons. The molecule has 1 heterocycles. The molecule has 0 unspecified atom stereocenters. The topological polar surface area (TPSA) is 87.7 Å². The molecular weight excluding hydrogens is 498 g/mol. The summed E-state index contributed by atoms with van der Waals surface area (Å²) in [4.78, 5) is 15.2. The molecule has 2 N–H and O–H groups in total. The molecule has 1 aliphatic rings. The van der Waals surface area contributed by atoms with Gasteiger partial charge in [-0.25, -0.2) is 8.42 Å². The Morgan fingerprint density at radius 2 is 1.78 bits per heavy atom. The van der Waals surface area contributed by atoms with Crippen LogP contribution in [0.1, 0.15) is 24.0 Å². The normalized spacial score (nSPS) is 14.9. The molecule has 7 nitrogen and oxygen atoms in total. The molecule has 1 fully saturated rings. The van der Waals surface area contributed by atoms with E-state index in [-0.39, 0.29) is 16.7 Å². The van der Waals surface area contributed by atoms with Crippen molar-refractivity contribution < 1.29 is 17.9 Å². The van der Waals surface area contributed by atoms with Crippen molar-refractivity contribution in [3.05, 3.63) is 82.9 Å². The SMILES string of the molecule is COc1ccc(C)cc1NS(=O)(=O)c1ccc(NC(=O)C2CCN(Cc3cccc(Cl)c3)CC2)cc1. The summed E-state index contributed by atoms with van der Waals surface area (Å²) in [6.45, 7) is 4.34. The van der Waals surface area contributed by atoms with E-state index >= 15 is 0 Å². The van der Waals surface area contributed by atoms with Crippen molar-refractivity contribution >= 4 is 38.9 Å². The molecule has 0 aliphatic carbocycles. The lowest BCUT2D eigenvalue weighted by Crippen LogP contribution is -2.37. The first-order valence-corrected chi connectivity index (χ1v) is 13.6. The molecule has 0 aromatic heterocycles. The lowest BCUT2D eigenvalue weighted by Gasteiger charge is -2.31. The number of hydrogen-bond acceptors (Lipinski definition) is 5. The van der Waals surface area contributed by atoms with Gasteiger partial charge in [0.1, 0.15) is 5.75 Å². The van der Waals surface area contributed by atoms with Crippen molar-refractivity contribution in [1.29, 1.82) is 0 Å². The minimum atomic E-state index is -3.82. The highest BCUT2D eigenvalue weighted by atomic mass is 35.5. The Labute approximate surface area is 217 Å². The summed E-state index contributed by atoms with van der Waals surface area (Å²) >= 11 is 6.08. The second-order valence-electron chi connectivity index (χ2n) is 9.00. The van der Waals surface area contributed by atoms with Crippen molar-refractivity contribution in [2.24, 2.45) is 5.92 Å². The number of hydrogen-bond donors (Lipinski definition) is 2. The smallest absolute Gasteiger partial charge is 0.262 e. The van der Waals surface area contributed by atoms with E-state index < -0.39 is 10.0 Å². The molecular formula is C27H30ClN3O4S. The Bertz CT molecular complexity index is 1320. The molecule has 0 bridgehead atoms. The van der Waals surface area contributed by atoms with E-state index in [9.17, 15) is 13.2 Å². The maximum absolute atomic E-state index is 12.9. The van der Waals surface area contributed by atoms with Crippen LogP contribution in [0, 0.1) is 12.8 Å².